The zero-order chi connectivity index (χ0) is 16.0. The number of non-ortho nitro benzene ring substituents is 1. The van der Waals surface area contributed by atoms with E-state index < -0.39 is 10.4 Å². The monoisotopic (exact) mass is 337 g/mol. The minimum absolute atomic E-state index is 0.0249. The smallest absolute Gasteiger partial charge is 0.287 e. The number of aromatic hydroxyl groups is 1. The summed E-state index contributed by atoms with van der Waals surface area (Å²) in [5, 5.41) is 21.3. The lowest BCUT2D eigenvalue weighted by atomic mass is 10.1. The number of nitro groups is 1. The zero-order valence-corrected chi connectivity index (χ0v) is 12.7. The van der Waals surface area contributed by atoms with Crippen LogP contribution in [0.5, 0.6) is 11.5 Å². The van der Waals surface area contributed by atoms with Gasteiger partial charge in [-0.2, -0.15) is 0 Å². The third kappa shape index (κ3) is 1.98. The molecular weight excluding hydrogens is 330 g/mol. The highest BCUT2D eigenvalue weighted by Gasteiger charge is 2.21. The molecule has 22 heavy (non-hydrogen) atoms. The molecule has 112 valence electrons. The lowest BCUT2D eigenvalue weighted by Crippen LogP contribution is -2.04. The highest BCUT2D eigenvalue weighted by Crippen LogP contribution is 2.40. The van der Waals surface area contributed by atoms with Crippen molar-refractivity contribution in [2.24, 2.45) is 0 Å². The number of hydrogen-bond donors (Lipinski definition) is 1. The maximum Gasteiger partial charge on any atom is 0.287 e. The molecule has 0 aliphatic rings. The van der Waals surface area contributed by atoms with Gasteiger partial charge in [-0.25, -0.2) is 0 Å². The Kier molecular flexibility index (Phi) is 3.38. The molecule has 0 amide bonds. The van der Waals surface area contributed by atoms with E-state index in [1.807, 2.05) is 0 Å². The van der Waals surface area contributed by atoms with E-state index in [0.29, 0.717) is 10.4 Å². The van der Waals surface area contributed by atoms with E-state index in [4.69, 9.17) is 16.3 Å². The number of benzene rings is 2. The predicted molar refractivity (Wildman–Crippen MR) is 85.5 cm³/mol. The zero-order valence-electron chi connectivity index (χ0n) is 11.1. The number of nitrogens with zero attached hydrogens (tertiary/aromatic N) is 1. The molecule has 0 radical (unpaired) electrons. The largest absolute Gasteiger partial charge is 0.507 e. The van der Waals surface area contributed by atoms with Crippen molar-refractivity contribution in [1.82, 2.24) is 0 Å². The van der Waals surface area contributed by atoms with E-state index in [9.17, 15) is 20.0 Å². The van der Waals surface area contributed by atoms with Crippen LogP contribution in [0, 0.1) is 10.1 Å². The van der Waals surface area contributed by atoms with E-state index in [-0.39, 0.29) is 31.9 Å². The Labute approximate surface area is 132 Å². The molecule has 1 N–H and O–H groups in total. The summed E-state index contributed by atoms with van der Waals surface area (Å²) in [7, 11) is 1.42. The first-order valence-corrected chi connectivity index (χ1v) is 7.24. The third-order valence-electron chi connectivity index (χ3n) is 3.26. The van der Waals surface area contributed by atoms with Crippen LogP contribution in [0.1, 0.15) is 0 Å². The Morgan fingerprint density at radius 1 is 1.23 bits per heavy atom. The SMILES string of the molecule is COc1ccc(O)c2c(=O)c3c(Cl)ccc([N+](=O)[O-])c3sc12. The van der Waals surface area contributed by atoms with Gasteiger partial charge in [-0.05, 0) is 18.2 Å². The van der Waals surface area contributed by atoms with E-state index in [2.05, 4.69) is 0 Å². The molecule has 3 aromatic rings. The number of fused-ring (bicyclic) bond motifs is 2. The summed E-state index contributed by atoms with van der Waals surface area (Å²) >= 11 is 7.03. The quantitative estimate of drug-likeness (QED) is 0.437. The summed E-state index contributed by atoms with van der Waals surface area (Å²) in [6.45, 7) is 0. The van der Waals surface area contributed by atoms with Gasteiger partial charge in [0.2, 0.25) is 5.43 Å². The van der Waals surface area contributed by atoms with Crippen LogP contribution in [0.15, 0.2) is 29.1 Å². The third-order valence-corrected chi connectivity index (χ3v) is 4.80. The van der Waals surface area contributed by atoms with Crippen LogP contribution >= 0.6 is 22.9 Å². The molecule has 0 unspecified atom stereocenters. The maximum atomic E-state index is 12.7. The van der Waals surface area contributed by atoms with Crippen LogP contribution in [0.2, 0.25) is 5.02 Å². The number of rotatable bonds is 2. The van der Waals surface area contributed by atoms with Crippen LogP contribution in [0.4, 0.5) is 5.69 Å². The van der Waals surface area contributed by atoms with Crippen molar-refractivity contribution in [3.63, 3.8) is 0 Å². The minimum atomic E-state index is -0.574. The second-order valence-electron chi connectivity index (χ2n) is 4.45. The molecule has 0 aliphatic heterocycles. The van der Waals surface area contributed by atoms with E-state index >= 15 is 0 Å². The maximum absolute atomic E-state index is 12.7. The fourth-order valence-corrected chi connectivity index (χ4v) is 3.87. The second kappa shape index (κ2) is 5.11. The fourth-order valence-electron chi connectivity index (χ4n) is 2.27. The molecule has 0 spiro atoms. The van der Waals surface area contributed by atoms with Gasteiger partial charge in [-0.3, -0.25) is 14.9 Å². The van der Waals surface area contributed by atoms with Crippen molar-refractivity contribution in [1.29, 1.82) is 0 Å². The minimum Gasteiger partial charge on any atom is -0.507 e. The van der Waals surface area contributed by atoms with E-state index in [1.54, 1.807) is 0 Å². The van der Waals surface area contributed by atoms with Crippen molar-refractivity contribution in [2.75, 3.05) is 7.11 Å². The molecule has 0 saturated heterocycles. The van der Waals surface area contributed by atoms with Gasteiger partial charge in [0.05, 0.1) is 32.5 Å². The predicted octanol–water partition coefficient (Wildman–Crippen LogP) is 3.69. The molecule has 2 aromatic carbocycles. The Bertz CT molecular complexity index is 998. The molecule has 0 fully saturated rings. The number of nitro benzene ring substituents is 1. The number of halogens is 1. The topological polar surface area (TPSA) is 89.7 Å². The number of phenols is 1. The first-order valence-electron chi connectivity index (χ1n) is 6.05. The summed E-state index contributed by atoms with van der Waals surface area (Å²) in [6, 6.07) is 5.39. The average molecular weight is 338 g/mol. The molecule has 6 nitrogen and oxygen atoms in total. The number of hydrogen-bond acceptors (Lipinski definition) is 6. The van der Waals surface area contributed by atoms with Gasteiger partial charge in [0.1, 0.15) is 16.2 Å². The van der Waals surface area contributed by atoms with Crippen molar-refractivity contribution >= 4 is 48.8 Å². The standard InChI is InChI=1S/C14H8ClNO5S/c1-21-9-5-4-8(17)11-12(18)10-6(15)2-3-7(16(19)20)13(10)22-14(9)11/h2-5,17H,1H3. The lowest BCUT2D eigenvalue weighted by molar-refractivity contribution is -0.382. The van der Waals surface area contributed by atoms with E-state index in [0.717, 1.165) is 11.3 Å². The van der Waals surface area contributed by atoms with Gasteiger partial charge < -0.3 is 9.84 Å². The van der Waals surface area contributed by atoms with Crippen LogP contribution in [-0.4, -0.2) is 17.1 Å². The molecule has 1 aromatic heterocycles. The first kappa shape index (κ1) is 14.6. The summed E-state index contributed by atoms with van der Waals surface area (Å²) in [5.41, 5.74) is -0.775. The average Bonchev–Trinajstić information content (AvgIpc) is 2.47. The van der Waals surface area contributed by atoms with Crippen LogP contribution < -0.4 is 10.2 Å². The first-order chi connectivity index (χ1) is 10.5. The Hall–Kier alpha value is -2.38. The Morgan fingerprint density at radius 3 is 2.59 bits per heavy atom. The number of methoxy groups -OCH3 is 1. The fraction of sp³-hybridized carbons (Fsp3) is 0.0714. The van der Waals surface area contributed by atoms with Gasteiger partial charge in [0.15, 0.2) is 0 Å². The van der Waals surface area contributed by atoms with Gasteiger partial charge in [-0.1, -0.05) is 11.6 Å². The molecule has 8 heteroatoms. The molecular formula is C14H8ClNO5S. The molecule has 3 rings (SSSR count). The van der Waals surface area contributed by atoms with Gasteiger partial charge in [0.25, 0.3) is 5.69 Å². The molecule has 1 heterocycles. The summed E-state index contributed by atoms with van der Waals surface area (Å²) < 4.78 is 5.66. The Balaban J connectivity index is 2.67. The summed E-state index contributed by atoms with van der Waals surface area (Å²) in [4.78, 5) is 23.3. The lowest BCUT2D eigenvalue weighted by Gasteiger charge is -2.08. The number of ether oxygens (including phenoxy) is 1. The van der Waals surface area contributed by atoms with Crippen molar-refractivity contribution in [2.45, 2.75) is 0 Å². The van der Waals surface area contributed by atoms with Crippen LogP contribution in [0.25, 0.3) is 20.2 Å². The van der Waals surface area contributed by atoms with Crippen LogP contribution in [0.3, 0.4) is 0 Å². The highest BCUT2D eigenvalue weighted by molar-refractivity contribution is 7.25. The normalized spacial score (nSPS) is 11.0. The van der Waals surface area contributed by atoms with Crippen LogP contribution in [-0.2, 0) is 0 Å². The van der Waals surface area contributed by atoms with E-state index in [1.165, 1.54) is 31.4 Å². The van der Waals surface area contributed by atoms with Crippen molar-refractivity contribution in [3.05, 3.63) is 49.6 Å². The molecule has 0 bridgehead atoms. The molecule has 0 aliphatic carbocycles. The summed E-state index contributed by atoms with van der Waals surface area (Å²) in [6.07, 6.45) is 0. The second-order valence-corrected chi connectivity index (χ2v) is 5.88. The molecule has 0 atom stereocenters. The Morgan fingerprint density at radius 2 is 1.95 bits per heavy atom. The summed E-state index contributed by atoms with van der Waals surface area (Å²) in [5.74, 6) is 0.132. The molecule has 0 saturated carbocycles. The van der Waals surface area contributed by atoms with Crippen molar-refractivity contribution in [3.8, 4) is 11.5 Å². The van der Waals surface area contributed by atoms with Gasteiger partial charge >= 0.3 is 0 Å². The van der Waals surface area contributed by atoms with Crippen molar-refractivity contribution < 1.29 is 14.8 Å². The number of phenolic OH excluding ortho intramolecular Hbond substituents is 1. The highest BCUT2D eigenvalue weighted by atomic mass is 35.5. The van der Waals surface area contributed by atoms with Gasteiger partial charge in [-0.15, -0.1) is 11.3 Å². The van der Waals surface area contributed by atoms with Gasteiger partial charge in [0, 0.05) is 6.07 Å².